The molecule has 0 spiro atoms. The molecule has 0 unspecified atom stereocenters. The quantitative estimate of drug-likeness (QED) is 0.855. The van der Waals surface area contributed by atoms with E-state index in [2.05, 4.69) is 4.98 Å². The number of nitrogens with zero attached hydrogens (tertiary/aromatic N) is 3. The van der Waals surface area contributed by atoms with Gasteiger partial charge >= 0.3 is 6.18 Å². The summed E-state index contributed by atoms with van der Waals surface area (Å²) < 4.78 is 38.2. The van der Waals surface area contributed by atoms with Gasteiger partial charge < -0.3 is 4.90 Å². The van der Waals surface area contributed by atoms with E-state index in [4.69, 9.17) is 0 Å². The van der Waals surface area contributed by atoms with Crippen LogP contribution in [-0.2, 0) is 12.8 Å². The lowest BCUT2D eigenvalue weighted by Gasteiger charge is -2.26. The van der Waals surface area contributed by atoms with Gasteiger partial charge in [0.2, 0.25) is 0 Å². The number of rotatable bonds is 3. The van der Waals surface area contributed by atoms with Gasteiger partial charge in [0.05, 0.1) is 5.56 Å². The zero-order valence-electron chi connectivity index (χ0n) is 10.9. The zero-order valence-corrected chi connectivity index (χ0v) is 10.9. The minimum absolute atomic E-state index is 0.129. The number of pyridine rings is 1. The maximum atomic E-state index is 12.7. The van der Waals surface area contributed by atoms with Crippen LogP contribution in [0.3, 0.4) is 0 Å². The molecule has 0 bridgehead atoms. The minimum Gasteiger partial charge on any atom is -0.343 e. The first-order valence-electron chi connectivity index (χ1n) is 6.74. The number of hydrogen-bond acceptors (Lipinski definition) is 3. The Hall–Kier alpha value is -1.77. The standard InChI is InChI=1S/C14H14F3N3/c15-14(16,17)8-20(11-4-5-11)13-10(7-18)6-9-2-1-3-12(9)19-13/h6,11H,1-5,8H2. The second-order valence-electron chi connectivity index (χ2n) is 5.40. The predicted octanol–water partition coefficient (Wildman–Crippen LogP) is 2.97. The molecule has 0 aliphatic heterocycles. The Bertz CT molecular complexity index is 570. The van der Waals surface area contributed by atoms with Crippen molar-refractivity contribution in [3.8, 4) is 6.07 Å². The Kier molecular flexibility index (Phi) is 3.08. The van der Waals surface area contributed by atoms with Crippen LogP contribution >= 0.6 is 0 Å². The Balaban J connectivity index is 2.00. The zero-order chi connectivity index (χ0) is 14.3. The molecule has 0 radical (unpaired) electrons. The predicted molar refractivity (Wildman–Crippen MR) is 67.4 cm³/mol. The molecule has 1 aromatic heterocycles. The van der Waals surface area contributed by atoms with Crippen molar-refractivity contribution in [1.29, 1.82) is 5.26 Å². The molecule has 6 heteroatoms. The second-order valence-corrected chi connectivity index (χ2v) is 5.40. The summed E-state index contributed by atoms with van der Waals surface area (Å²) in [5.74, 6) is 0.216. The molecule has 1 fully saturated rings. The van der Waals surface area contributed by atoms with Crippen LogP contribution in [0.2, 0.25) is 0 Å². The maximum absolute atomic E-state index is 12.7. The third-order valence-electron chi connectivity index (χ3n) is 3.76. The molecule has 0 N–H and O–H groups in total. The van der Waals surface area contributed by atoms with Crippen LogP contribution in [0.25, 0.3) is 0 Å². The number of anilines is 1. The Morgan fingerprint density at radius 3 is 2.70 bits per heavy atom. The number of halogens is 3. The summed E-state index contributed by atoms with van der Waals surface area (Å²) in [6.07, 6.45) is -0.201. The molecule has 1 saturated carbocycles. The molecule has 0 aromatic carbocycles. The highest BCUT2D eigenvalue weighted by Gasteiger charge is 2.40. The van der Waals surface area contributed by atoms with E-state index in [9.17, 15) is 18.4 Å². The van der Waals surface area contributed by atoms with Crippen molar-refractivity contribution in [3.05, 3.63) is 22.9 Å². The van der Waals surface area contributed by atoms with Crippen LogP contribution in [-0.4, -0.2) is 23.7 Å². The fourth-order valence-electron chi connectivity index (χ4n) is 2.72. The van der Waals surface area contributed by atoms with E-state index < -0.39 is 12.7 Å². The summed E-state index contributed by atoms with van der Waals surface area (Å²) in [5.41, 5.74) is 2.13. The average Bonchev–Trinajstić information content (AvgIpc) is 3.12. The van der Waals surface area contributed by atoms with E-state index in [1.165, 1.54) is 4.90 Å². The van der Waals surface area contributed by atoms with Gasteiger partial charge in [-0.2, -0.15) is 18.4 Å². The van der Waals surface area contributed by atoms with Gasteiger partial charge in [0.25, 0.3) is 0 Å². The number of nitriles is 1. The molecule has 2 aliphatic rings. The highest BCUT2D eigenvalue weighted by Crippen LogP contribution is 2.36. The van der Waals surface area contributed by atoms with E-state index in [0.29, 0.717) is 0 Å². The van der Waals surface area contributed by atoms with Crippen LogP contribution in [0.4, 0.5) is 19.0 Å². The summed E-state index contributed by atoms with van der Waals surface area (Å²) in [4.78, 5) is 5.63. The largest absolute Gasteiger partial charge is 0.405 e. The molecular formula is C14H14F3N3. The first-order valence-corrected chi connectivity index (χ1v) is 6.74. The lowest BCUT2D eigenvalue weighted by molar-refractivity contribution is -0.120. The molecule has 1 aromatic rings. The van der Waals surface area contributed by atoms with Gasteiger partial charge in [-0.25, -0.2) is 4.98 Å². The van der Waals surface area contributed by atoms with Crippen molar-refractivity contribution in [3.63, 3.8) is 0 Å². The van der Waals surface area contributed by atoms with Crippen molar-refractivity contribution < 1.29 is 13.2 Å². The number of aryl methyl sites for hydroxylation is 2. The van der Waals surface area contributed by atoms with Gasteiger partial charge in [0.15, 0.2) is 0 Å². The van der Waals surface area contributed by atoms with Crippen molar-refractivity contribution in [2.45, 2.75) is 44.3 Å². The molecular weight excluding hydrogens is 267 g/mol. The molecule has 2 aliphatic carbocycles. The fourth-order valence-corrected chi connectivity index (χ4v) is 2.72. The molecule has 0 amide bonds. The molecule has 0 saturated heterocycles. The third kappa shape index (κ3) is 2.58. The third-order valence-corrected chi connectivity index (χ3v) is 3.76. The van der Waals surface area contributed by atoms with Crippen LogP contribution in [0.5, 0.6) is 0 Å². The van der Waals surface area contributed by atoms with E-state index in [-0.39, 0.29) is 17.4 Å². The summed E-state index contributed by atoms with van der Waals surface area (Å²) in [6.45, 7) is -1.03. The van der Waals surface area contributed by atoms with Crippen LogP contribution < -0.4 is 4.90 Å². The lowest BCUT2D eigenvalue weighted by atomic mass is 10.1. The summed E-state index contributed by atoms with van der Waals surface area (Å²) in [6, 6.07) is 3.59. The van der Waals surface area contributed by atoms with Gasteiger partial charge in [-0.3, -0.25) is 0 Å². The molecule has 0 atom stereocenters. The van der Waals surface area contributed by atoms with Crippen LogP contribution in [0.15, 0.2) is 6.07 Å². The summed E-state index contributed by atoms with van der Waals surface area (Å²) >= 11 is 0. The van der Waals surface area contributed by atoms with Crippen LogP contribution in [0, 0.1) is 11.3 Å². The van der Waals surface area contributed by atoms with E-state index in [0.717, 1.165) is 43.4 Å². The van der Waals surface area contributed by atoms with Gasteiger partial charge in [-0.15, -0.1) is 0 Å². The second kappa shape index (κ2) is 4.65. The van der Waals surface area contributed by atoms with E-state index in [1.54, 1.807) is 6.07 Å². The molecule has 3 nitrogen and oxygen atoms in total. The molecule has 106 valence electrons. The topological polar surface area (TPSA) is 39.9 Å². The Morgan fingerprint density at radius 2 is 2.10 bits per heavy atom. The molecule has 3 rings (SSSR count). The lowest BCUT2D eigenvalue weighted by Crippen LogP contribution is -2.37. The average molecular weight is 281 g/mol. The number of aromatic nitrogens is 1. The number of hydrogen-bond donors (Lipinski definition) is 0. The SMILES string of the molecule is N#Cc1cc2c(nc1N(CC(F)(F)F)C1CC1)CCC2. The Morgan fingerprint density at radius 1 is 1.35 bits per heavy atom. The van der Waals surface area contributed by atoms with Crippen molar-refractivity contribution in [2.24, 2.45) is 0 Å². The van der Waals surface area contributed by atoms with Gasteiger partial charge in [0.1, 0.15) is 18.4 Å². The molecule has 1 heterocycles. The number of fused-ring (bicyclic) bond motifs is 1. The van der Waals surface area contributed by atoms with Crippen molar-refractivity contribution in [2.75, 3.05) is 11.4 Å². The summed E-state index contributed by atoms with van der Waals surface area (Å²) in [5, 5.41) is 9.20. The Labute approximate surface area is 115 Å². The molecule has 20 heavy (non-hydrogen) atoms. The normalized spacial score (nSPS) is 17.7. The minimum atomic E-state index is -4.28. The van der Waals surface area contributed by atoms with E-state index >= 15 is 0 Å². The van der Waals surface area contributed by atoms with Crippen molar-refractivity contribution >= 4 is 5.82 Å². The first-order chi connectivity index (χ1) is 9.48. The van der Waals surface area contributed by atoms with Gasteiger partial charge in [-0.05, 0) is 43.7 Å². The highest BCUT2D eigenvalue weighted by atomic mass is 19.4. The first kappa shape index (κ1) is 13.2. The maximum Gasteiger partial charge on any atom is 0.405 e. The number of alkyl halides is 3. The summed E-state index contributed by atoms with van der Waals surface area (Å²) in [7, 11) is 0. The fraction of sp³-hybridized carbons (Fsp3) is 0.571. The van der Waals surface area contributed by atoms with E-state index in [1.807, 2.05) is 6.07 Å². The van der Waals surface area contributed by atoms with Crippen molar-refractivity contribution in [1.82, 2.24) is 4.98 Å². The van der Waals surface area contributed by atoms with Gasteiger partial charge in [-0.1, -0.05) is 0 Å². The van der Waals surface area contributed by atoms with Crippen LogP contribution in [0.1, 0.15) is 36.1 Å². The monoisotopic (exact) mass is 281 g/mol. The highest BCUT2D eigenvalue weighted by molar-refractivity contribution is 5.58. The smallest absolute Gasteiger partial charge is 0.343 e. The van der Waals surface area contributed by atoms with Gasteiger partial charge in [0, 0.05) is 11.7 Å².